The van der Waals surface area contributed by atoms with Crippen molar-refractivity contribution in [3.8, 4) is 0 Å². The van der Waals surface area contributed by atoms with Gasteiger partial charge in [0, 0.05) is 6.20 Å². The first-order valence-electron chi connectivity index (χ1n) is 9.27. The van der Waals surface area contributed by atoms with Crippen molar-refractivity contribution in [2.24, 2.45) is 0 Å². The first kappa shape index (κ1) is 22.6. The van der Waals surface area contributed by atoms with Crippen LogP contribution in [0.25, 0.3) is 0 Å². The lowest BCUT2D eigenvalue weighted by molar-refractivity contribution is 0.00578. The van der Waals surface area contributed by atoms with Crippen LogP contribution in [-0.2, 0) is 20.6 Å². The summed E-state index contributed by atoms with van der Waals surface area (Å²) >= 11 is 0. The Morgan fingerprint density at radius 3 is 2.32 bits per heavy atom. The summed E-state index contributed by atoms with van der Waals surface area (Å²) in [5.41, 5.74) is -0.628. The van der Waals surface area contributed by atoms with E-state index in [0.29, 0.717) is 11.2 Å². The van der Waals surface area contributed by atoms with Crippen LogP contribution in [0.3, 0.4) is 0 Å². The van der Waals surface area contributed by atoms with E-state index >= 15 is 0 Å². The second-order valence-corrected chi connectivity index (χ2v) is 8.92. The Morgan fingerprint density at radius 1 is 1.25 bits per heavy atom. The average Bonchev–Trinajstić information content (AvgIpc) is 2.73. The van der Waals surface area contributed by atoms with Crippen LogP contribution in [0.2, 0.25) is 0 Å². The first-order valence-corrected chi connectivity index (χ1v) is 9.27. The summed E-state index contributed by atoms with van der Waals surface area (Å²) in [6.07, 6.45) is -1.94. The number of carbonyl (C=O) groups is 1. The van der Waals surface area contributed by atoms with Crippen LogP contribution < -0.4 is 5.46 Å². The van der Waals surface area contributed by atoms with Crippen LogP contribution in [0.5, 0.6) is 0 Å². The summed E-state index contributed by atoms with van der Waals surface area (Å²) in [6.45, 7) is 12.0. The molecule has 1 aromatic heterocycles. The number of ether oxygens (including phenoxy) is 1. The molecule has 156 valence electrons. The minimum atomic E-state index is -2.68. The van der Waals surface area contributed by atoms with Crippen molar-refractivity contribution >= 4 is 18.7 Å². The highest BCUT2D eigenvalue weighted by Crippen LogP contribution is 2.36. The van der Waals surface area contributed by atoms with E-state index in [1.807, 2.05) is 27.7 Å². The first-order chi connectivity index (χ1) is 12.7. The topological polar surface area (TPSA) is 60.9 Å². The summed E-state index contributed by atoms with van der Waals surface area (Å²) < 4.78 is 43.2. The summed E-state index contributed by atoms with van der Waals surface area (Å²) in [5, 5.41) is 0. The zero-order valence-electron chi connectivity index (χ0n) is 17.6. The van der Waals surface area contributed by atoms with E-state index in [1.54, 1.807) is 39.1 Å². The largest absolute Gasteiger partial charge is 0.494 e. The molecule has 1 fully saturated rings. The Bertz CT molecular complexity index is 691. The van der Waals surface area contributed by atoms with E-state index in [-0.39, 0.29) is 6.54 Å². The molecule has 1 aliphatic rings. The normalized spacial score (nSPS) is 18.4. The Labute approximate surface area is 165 Å². The monoisotopic (exact) mass is 398 g/mol. The third-order valence-electron chi connectivity index (χ3n) is 4.73. The number of carbonyl (C=O) groups excluding carboxylic acids is 1. The van der Waals surface area contributed by atoms with E-state index in [1.165, 1.54) is 0 Å². The molecule has 1 aliphatic heterocycles. The van der Waals surface area contributed by atoms with Crippen molar-refractivity contribution in [2.75, 3.05) is 6.54 Å². The van der Waals surface area contributed by atoms with E-state index < -0.39 is 43.0 Å². The number of pyridine rings is 1. The predicted octanol–water partition coefficient (Wildman–Crippen LogP) is 3.38. The summed E-state index contributed by atoms with van der Waals surface area (Å²) in [4.78, 5) is 17.5. The fourth-order valence-corrected chi connectivity index (χ4v) is 2.60. The van der Waals surface area contributed by atoms with E-state index in [9.17, 15) is 13.6 Å². The van der Waals surface area contributed by atoms with Gasteiger partial charge in [-0.1, -0.05) is 0 Å². The van der Waals surface area contributed by atoms with Crippen LogP contribution >= 0.6 is 0 Å². The van der Waals surface area contributed by atoms with Gasteiger partial charge >= 0.3 is 13.2 Å². The molecule has 1 amide bonds. The minimum Gasteiger partial charge on any atom is -0.444 e. The van der Waals surface area contributed by atoms with Gasteiger partial charge in [-0.25, -0.2) is 13.6 Å². The van der Waals surface area contributed by atoms with Gasteiger partial charge in [-0.2, -0.15) is 0 Å². The van der Waals surface area contributed by atoms with Crippen LogP contribution in [0.1, 0.15) is 54.2 Å². The number of hydrogen-bond acceptors (Lipinski definition) is 5. The Balaban J connectivity index is 2.18. The van der Waals surface area contributed by atoms with Crippen molar-refractivity contribution in [1.82, 2.24) is 9.88 Å². The van der Waals surface area contributed by atoms with Crippen LogP contribution in [0.4, 0.5) is 13.6 Å². The highest BCUT2D eigenvalue weighted by Gasteiger charge is 2.51. The zero-order chi connectivity index (χ0) is 21.3. The maximum atomic E-state index is 13.0. The molecule has 0 N–H and O–H groups in total. The molecule has 2 heterocycles. The van der Waals surface area contributed by atoms with Gasteiger partial charge in [0.15, 0.2) is 0 Å². The Kier molecular flexibility index (Phi) is 6.40. The lowest BCUT2D eigenvalue weighted by Gasteiger charge is -2.32. The molecule has 2 rings (SSSR count). The molecule has 0 atom stereocenters. The number of hydrogen-bond donors (Lipinski definition) is 0. The molecular weight excluding hydrogens is 369 g/mol. The molecule has 0 spiro atoms. The van der Waals surface area contributed by atoms with Gasteiger partial charge in [0.2, 0.25) is 0 Å². The molecule has 0 aliphatic carbocycles. The molecule has 28 heavy (non-hydrogen) atoms. The minimum absolute atomic E-state index is 0.105. The van der Waals surface area contributed by atoms with Crippen LogP contribution in [-0.4, -0.2) is 52.9 Å². The molecule has 0 saturated carbocycles. The molecule has 1 aromatic rings. The zero-order valence-corrected chi connectivity index (χ0v) is 17.6. The molecule has 1 saturated heterocycles. The fraction of sp³-hybridized carbons (Fsp3) is 0.684. The van der Waals surface area contributed by atoms with E-state index in [0.717, 1.165) is 4.90 Å². The maximum Gasteiger partial charge on any atom is 0.494 e. The lowest BCUT2D eigenvalue weighted by atomic mass is 9.79. The van der Waals surface area contributed by atoms with Crippen LogP contribution in [0, 0.1) is 0 Å². The third-order valence-corrected chi connectivity index (χ3v) is 4.73. The molecule has 0 bridgehead atoms. The second kappa shape index (κ2) is 7.95. The van der Waals surface area contributed by atoms with E-state index in [2.05, 4.69) is 4.98 Å². The van der Waals surface area contributed by atoms with Crippen molar-refractivity contribution < 1.29 is 27.6 Å². The third kappa shape index (κ3) is 5.64. The predicted molar refractivity (Wildman–Crippen MR) is 103 cm³/mol. The van der Waals surface area contributed by atoms with Crippen LogP contribution in [0.15, 0.2) is 18.3 Å². The van der Waals surface area contributed by atoms with Crippen molar-refractivity contribution in [2.45, 2.75) is 78.2 Å². The second-order valence-electron chi connectivity index (χ2n) is 8.92. The average molecular weight is 398 g/mol. The van der Waals surface area contributed by atoms with Crippen molar-refractivity contribution in [1.29, 1.82) is 0 Å². The Hall–Kier alpha value is -1.74. The van der Waals surface area contributed by atoms with Gasteiger partial charge in [-0.15, -0.1) is 0 Å². The molecule has 9 heteroatoms. The number of amides is 1. The quantitative estimate of drug-likeness (QED) is 0.712. The van der Waals surface area contributed by atoms with Gasteiger partial charge in [0.1, 0.15) is 5.60 Å². The smallest absolute Gasteiger partial charge is 0.444 e. The standard InChI is InChI=1S/C19H29BF2N2O4/c1-17(2,3)26-16(25)24(12-15(21)22)11-14-10-13(8-9-23-14)20-27-18(4,5)19(6,7)28-20/h8-10,15H,11-12H2,1-7H3. The van der Waals surface area contributed by atoms with Gasteiger partial charge in [-0.05, 0) is 66.1 Å². The highest BCUT2D eigenvalue weighted by molar-refractivity contribution is 6.62. The molecule has 0 aromatic carbocycles. The fourth-order valence-electron chi connectivity index (χ4n) is 2.60. The summed E-state index contributed by atoms with van der Waals surface area (Å²) in [5.74, 6) is 0. The lowest BCUT2D eigenvalue weighted by Crippen LogP contribution is -2.41. The molecule has 6 nitrogen and oxygen atoms in total. The maximum absolute atomic E-state index is 13.0. The van der Waals surface area contributed by atoms with Crippen molar-refractivity contribution in [3.63, 3.8) is 0 Å². The number of alkyl halides is 2. The number of halogens is 2. The van der Waals surface area contributed by atoms with E-state index in [4.69, 9.17) is 14.0 Å². The molecular formula is C19H29BF2N2O4. The summed E-state index contributed by atoms with van der Waals surface area (Å²) in [7, 11) is -0.600. The molecule has 0 unspecified atom stereocenters. The number of rotatable bonds is 5. The summed E-state index contributed by atoms with van der Waals surface area (Å²) in [6, 6.07) is 3.45. The Morgan fingerprint density at radius 2 is 1.82 bits per heavy atom. The molecule has 0 radical (unpaired) electrons. The van der Waals surface area contributed by atoms with Gasteiger partial charge < -0.3 is 14.0 Å². The number of nitrogens with zero attached hydrogens (tertiary/aromatic N) is 2. The van der Waals surface area contributed by atoms with Gasteiger partial charge in [0.05, 0.1) is 30.0 Å². The van der Waals surface area contributed by atoms with Gasteiger partial charge in [-0.3, -0.25) is 9.88 Å². The SMILES string of the molecule is CC(C)(C)OC(=O)N(Cc1cc(B2OC(C)(C)C(C)(C)O2)ccn1)CC(F)F. The van der Waals surface area contributed by atoms with Gasteiger partial charge in [0.25, 0.3) is 6.43 Å². The highest BCUT2D eigenvalue weighted by atomic mass is 19.3. The number of aromatic nitrogens is 1. The van der Waals surface area contributed by atoms with Crippen molar-refractivity contribution in [3.05, 3.63) is 24.0 Å².